The molecule has 4 aliphatic carbocycles. The summed E-state index contributed by atoms with van der Waals surface area (Å²) < 4.78 is 0. The summed E-state index contributed by atoms with van der Waals surface area (Å²) in [6.07, 6.45) is 25.1. The number of rotatable bonds is 15. The average Bonchev–Trinajstić information content (AvgIpc) is 3.53. The van der Waals surface area contributed by atoms with Crippen molar-refractivity contribution in [3.63, 3.8) is 0 Å². The van der Waals surface area contributed by atoms with Crippen LogP contribution in [0, 0.1) is 28.1 Å². The molecule has 4 saturated carbocycles. The van der Waals surface area contributed by atoms with Gasteiger partial charge in [0.05, 0.1) is 11.3 Å². The van der Waals surface area contributed by atoms with Crippen molar-refractivity contribution < 1.29 is 0 Å². The molecule has 3 unspecified atom stereocenters. The lowest BCUT2D eigenvalue weighted by Gasteiger charge is -2.45. The molecule has 4 atom stereocenters. The molecule has 5 fully saturated rings. The highest BCUT2D eigenvalue weighted by Crippen LogP contribution is 2.60. The van der Waals surface area contributed by atoms with Gasteiger partial charge in [0, 0.05) is 43.4 Å². The first-order valence-electron chi connectivity index (χ1n) is 19.4. The minimum atomic E-state index is 0.0713. The second-order valence-electron chi connectivity index (χ2n) is 17.2. The molecule has 262 valence electrons. The molecule has 2 N–H and O–H groups in total. The largest absolute Gasteiger partial charge is 0.384 e. The molecule has 1 heterocycles. The van der Waals surface area contributed by atoms with E-state index in [0.29, 0.717) is 22.8 Å². The van der Waals surface area contributed by atoms with Crippen molar-refractivity contribution in [1.82, 2.24) is 15.1 Å². The molecule has 0 radical (unpaired) electrons. The molecule has 0 bridgehead atoms. The van der Waals surface area contributed by atoms with Gasteiger partial charge in [0.1, 0.15) is 5.82 Å². The lowest BCUT2D eigenvalue weighted by Crippen LogP contribution is -2.41. The highest BCUT2D eigenvalue weighted by Gasteiger charge is 2.52. The molecular formula is C41H68N6. The molecule has 6 heteroatoms. The van der Waals surface area contributed by atoms with Crippen LogP contribution in [-0.2, 0) is 0 Å². The number of nitrogens with one attached hydrogen (secondary N) is 2. The van der Waals surface area contributed by atoms with Crippen LogP contribution in [0.4, 0.5) is 0 Å². The second kappa shape index (κ2) is 15.6. The monoisotopic (exact) mass is 645 g/mol. The zero-order valence-electron chi connectivity index (χ0n) is 30.9. The van der Waals surface area contributed by atoms with E-state index in [0.717, 1.165) is 81.3 Å². The third kappa shape index (κ3) is 8.69. The van der Waals surface area contributed by atoms with Crippen LogP contribution in [0.1, 0.15) is 137 Å². The van der Waals surface area contributed by atoms with E-state index in [1.807, 2.05) is 6.20 Å². The molecule has 5 rings (SSSR count). The standard InChI is InChI=1S/C41H68N6/c1-8-45-40(24-25-40)30-47(28-14-21-39(3,4)5)37(43-6)29-36(44-26-12-16-33-17-13-27-46(33)7)31(2)34-20-19-32-15-11-23-41(32)22-10-9-18-35(41)38(34)42/h8,29,32-33,35,42,45H,1,6,9-28,30H2,2-5,7H3/b34-31+,37-29+,42-38?,44-36?/t32?,33?,35-,41?/m0/s1. The van der Waals surface area contributed by atoms with Crippen LogP contribution in [0.25, 0.3) is 0 Å². The number of aliphatic imine (C=N–C) groups is 2. The Bertz CT molecular complexity index is 1210. The summed E-state index contributed by atoms with van der Waals surface area (Å²) in [5, 5.41) is 13.3. The minimum Gasteiger partial charge on any atom is -0.384 e. The summed E-state index contributed by atoms with van der Waals surface area (Å²) >= 11 is 0. The number of hydrogen-bond acceptors (Lipinski definition) is 6. The van der Waals surface area contributed by atoms with Crippen molar-refractivity contribution in [1.29, 1.82) is 5.41 Å². The quantitative estimate of drug-likeness (QED) is 0.138. The van der Waals surface area contributed by atoms with Gasteiger partial charge in [-0.2, -0.15) is 0 Å². The number of likely N-dealkylation sites (tertiary alicyclic amines) is 1. The topological polar surface area (TPSA) is 67.1 Å². The molecular weight excluding hydrogens is 576 g/mol. The zero-order chi connectivity index (χ0) is 33.7. The highest BCUT2D eigenvalue weighted by atomic mass is 15.2. The summed E-state index contributed by atoms with van der Waals surface area (Å²) in [5.74, 6) is 2.13. The number of allylic oxidation sites excluding steroid dienone is 3. The molecule has 1 saturated heterocycles. The molecule has 47 heavy (non-hydrogen) atoms. The Morgan fingerprint density at radius 3 is 2.53 bits per heavy atom. The van der Waals surface area contributed by atoms with E-state index >= 15 is 0 Å². The van der Waals surface area contributed by atoms with Gasteiger partial charge in [-0.05, 0) is 151 Å². The highest BCUT2D eigenvalue weighted by molar-refractivity contribution is 6.15. The molecule has 6 nitrogen and oxygen atoms in total. The van der Waals surface area contributed by atoms with Crippen LogP contribution in [0.5, 0.6) is 0 Å². The van der Waals surface area contributed by atoms with Gasteiger partial charge in [-0.1, -0.05) is 46.6 Å². The van der Waals surface area contributed by atoms with E-state index in [1.54, 1.807) is 0 Å². The lowest BCUT2D eigenvalue weighted by atomic mass is 9.59. The molecule has 0 aromatic heterocycles. The lowest BCUT2D eigenvalue weighted by molar-refractivity contribution is 0.0878. The van der Waals surface area contributed by atoms with Gasteiger partial charge in [0.25, 0.3) is 0 Å². The van der Waals surface area contributed by atoms with Gasteiger partial charge in [-0.15, -0.1) is 0 Å². The van der Waals surface area contributed by atoms with Gasteiger partial charge >= 0.3 is 0 Å². The van der Waals surface area contributed by atoms with Gasteiger partial charge in [0.2, 0.25) is 0 Å². The fourth-order valence-corrected chi connectivity index (χ4v) is 9.95. The first-order chi connectivity index (χ1) is 22.5. The van der Waals surface area contributed by atoms with Crippen molar-refractivity contribution in [3.8, 4) is 0 Å². The SMILES string of the molecule is C=CNC1(CN(CCCC(C)(C)C)/C(=C/C(=NCCCC2CCCN2C)/C(C)=C2\CCC3CCCC34CCCC[C@H]4C2=N)N=C)CC1. The Morgan fingerprint density at radius 1 is 1.06 bits per heavy atom. The van der Waals surface area contributed by atoms with Crippen LogP contribution in [0.15, 0.2) is 45.8 Å². The molecule has 1 spiro atoms. The maximum absolute atomic E-state index is 9.76. The van der Waals surface area contributed by atoms with E-state index in [4.69, 9.17) is 9.98 Å². The molecule has 5 aliphatic rings. The molecule has 0 aromatic carbocycles. The minimum absolute atomic E-state index is 0.0713. The average molecular weight is 645 g/mol. The van der Waals surface area contributed by atoms with Crippen LogP contribution in [0.3, 0.4) is 0 Å². The predicted octanol–water partition coefficient (Wildman–Crippen LogP) is 9.34. The number of hydrogen-bond donors (Lipinski definition) is 2. The Labute approximate surface area is 288 Å². The van der Waals surface area contributed by atoms with Crippen molar-refractivity contribution in [2.75, 3.05) is 33.2 Å². The zero-order valence-corrected chi connectivity index (χ0v) is 30.9. The molecule has 0 aromatic rings. The third-order valence-corrected chi connectivity index (χ3v) is 12.9. The summed E-state index contributed by atoms with van der Waals surface area (Å²) in [6, 6.07) is 0.691. The van der Waals surface area contributed by atoms with Gasteiger partial charge in [0.15, 0.2) is 0 Å². The van der Waals surface area contributed by atoms with Crippen LogP contribution in [0.2, 0.25) is 0 Å². The third-order valence-electron chi connectivity index (χ3n) is 12.9. The Morgan fingerprint density at radius 2 is 1.85 bits per heavy atom. The smallest absolute Gasteiger partial charge is 0.129 e. The predicted molar refractivity (Wildman–Crippen MR) is 202 cm³/mol. The van der Waals surface area contributed by atoms with Gasteiger partial charge in [-0.3, -0.25) is 4.99 Å². The summed E-state index contributed by atoms with van der Waals surface area (Å²) in [5.41, 5.74) is 5.23. The van der Waals surface area contributed by atoms with Crippen LogP contribution < -0.4 is 5.32 Å². The normalized spacial score (nSPS) is 30.7. The maximum Gasteiger partial charge on any atom is 0.129 e. The van der Waals surface area contributed by atoms with E-state index in [2.05, 4.69) is 69.2 Å². The van der Waals surface area contributed by atoms with Crippen molar-refractivity contribution >= 4 is 18.1 Å². The van der Waals surface area contributed by atoms with E-state index in [9.17, 15) is 5.41 Å². The Balaban J connectivity index is 1.47. The first-order valence-corrected chi connectivity index (χ1v) is 19.4. The summed E-state index contributed by atoms with van der Waals surface area (Å²) in [6.45, 7) is 21.3. The summed E-state index contributed by atoms with van der Waals surface area (Å²) in [7, 11) is 2.28. The summed E-state index contributed by atoms with van der Waals surface area (Å²) in [4.78, 5) is 15.1. The van der Waals surface area contributed by atoms with E-state index < -0.39 is 0 Å². The van der Waals surface area contributed by atoms with E-state index in [1.165, 1.54) is 88.3 Å². The Hall–Kier alpha value is -2.21. The van der Waals surface area contributed by atoms with Crippen LogP contribution >= 0.6 is 0 Å². The fourth-order valence-electron chi connectivity index (χ4n) is 9.95. The first kappa shape index (κ1) is 36.1. The molecule has 1 aliphatic heterocycles. The van der Waals surface area contributed by atoms with Gasteiger partial charge in [-0.25, -0.2) is 4.99 Å². The van der Waals surface area contributed by atoms with E-state index in [-0.39, 0.29) is 5.54 Å². The van der Waals surface area contributed by atoms with Gasteiger partial charge < -0.3 is 20.5 Å². The van der Waals surface area contributed by atoms with Crippen molar-refractivity contribution in [2.24, 2.45) is 32.7 Å². The van der Waals surface area contributed by atoms with Crippen molar-refractivity contribution in [2.45, 2.75) is 148 Å². The fraction of sp³-hybridized carbons (Fsp3) is 0.780. The maximum atomic E-state index is 9.76. The number of nitrogens with zero attached hydrogens (tertiary/aromatic N) is 4. The van der Waals surface area contributed by atoms with Crippen molar-refractivity contribution in [3.05, 3.63) is 35.8 Å². The van der Waals surface area contributed by atoms with Crippen LogP contribution in [-0.4, -0.2) is 72.7 Å². The second-order valence-corrected chi connectivity index (χ2v) is 17.2. The molecule has 0 amide bonds. The Kier molecular flexibility index (Phi) is 11.9.